The van der Waals surface area contributed by atoms with Gasteiger partial charge in [-0.25, -0.2) is 9.18 Å². The topological polar surface area (TPSA) is 69.6 Å². The number of para-hydroxylation sites is 1. The molecule has 1 atom stereocenters. The van der Waals surface area contributed by atoms with Crippen LogP contribution in [0.25, 0.3) is 0 Å². The number of benzene rings is 1. The molecule has 0 amide bonds. The van der Waals surface area contributed by atoms with Gasteiger partial charge >= 0.3 is 5.97 Å². The molecule has 0 spiro atoms. The van der Waals surface area contributed by atoms with Crippen LogP contribution in [-0.4, -0.2) is 28.3 Å². The van der Waals surface area contributed by atoms with Crippen LogP contribution >= 0.6 is 0 Å². The van der Waals surface area contributed by atoms with E-state index >= 15 is 0 Å². The Morgan fingerprint density at radius 2 is 2.17 bits per heavy atom. The molecule has 0 saturated heterocycles. The van der Waals surface area contributed by atoms with Gasteiger partial charge in [0.2, 0.25) is 0 Å². The van der Waals surface area contributed by atoms with Gasteiger partial charge in [-0.2, -0.15) is 0 Å². The number of anilines is 1. The highest BCUT2D eigenvalue weighted by molar-refractivity contribution is 5.94. The third-order valence-corrected chi connectivity index (χ3v) is 2.68. The Morgan fingerprint density at radius 3 is 2.72 bits per heavy atom. The van der Waals surface area contributed by atoms with Crippen LogP contribution in [-0.2, 0) is 0 Å². The van der Waals surface area contributed by atoms with Gasteiger partial charge in [0.15, 0.2) is 0 Å². The predicted octanol–water partition coefficient (Wildman–Crippen LogP) is 2.49. The number of carboxylic acids is 1. The molecule has 1 aromatic carbocycles. The van der Waals surface area contributed by atoms with Gasteiger partial charge in [-0.1, -0.05) is 19.4 Å². The maximum atomic E-state index is 13.6. The van der Waals surface area contributed by atoms with Gasteiger partial charge in [-0.05, 0) is 25.5 Å². The molecule has 1 aromatic rings. The third kappa shape index (κ3) is 3.70. The van der Waals surface area contributed by atoms with E-state index in [-0.39, 0.29) is 17.8 Å². The molecular weight excluding hydrogens is 237 g/mol. The number of nitrogens with one attached hydrogen (secondary N) is 1. The Bertz CT molecular complexity index is 432. The van der Waals surface area contributed by atoms with E-state index in [9.17, 15) is 14.3 Å². The van der Waals surface area contributed by atoms with Crippen LogP contribution in [0.3, 0.4) is 0 Å². The highest BCUT2D eigenvalue weighted by atomic mass is 19.1. The van der Waals surface area contributed by atoms with Crippen molar-refractivity contribution in [3.05, 3.63) is 29.6 Å². The summed E-state index contributed by atoms with van der Waals surface area (Å²) in [6, 6.07) is 3.85. The molecule has 5 heteroatoms. The van der Waals surface area contributed by atoms with Crippen molar-refractivity contribution in [1.82, 2.24) is 0 Å². The summed E-state index contributed by atoms with van der Waals surface area (Å²) in [5.41, 5.74) is -1.21. The standard InChI is InChI=1S/C13H18FNO3/c1-3-7-13(2,18)8-15-11-9(12(16)17)5-4-6-10(11)14/h4-6,15,18H,3,7-8H2,1-2H3,(H,16,17). The Hall–Kier alpha value is -1.62. The first-order valence-electron chi connectivity index (χ1n) is 5.85. The smallest absolute Gasteiger partial charge is 0.337 e. The predicted molar refractivity (Wildman–Crippen MR) is 67.4 cm³/mol. The fourth-order valence-corrected chi connectivity index (χ4v) is 1.79. The van der Waals surface area contributed by atoms with Gasteiger partial charge in [0.1, 0.15) is 5.82 Å². The van der Waals surface area contributed by atoms with Crippen LogP contribution in [0.1, 0.15) is 37.0 Å². The number of aliphatic hydroxyl groups is 1. The summed E-state index contributed by atoms with van der Waals surface area (Å²) < 4.78 is 13.6. The minimum atomic E-state index is -1.20. The molecule has 1 rings (SSSR count). The summed E-state index contributed by atoms with van der Waals surface area (Å²) in [5.74, 6) is -1.84. The van der Waals surface area contributed by atoms with Gasteiger partial charge in [0, 0.05) is 6.54 Å². The van der Waals surface area contributed by atoms with E-state index in [2.05, 4.69) is 5.32 Å². The molecular formula is C13H18FNO3. The molecule has 0 bridgehead atoms. The van der Waals surface area contributed by atoms with Crippen LogP contribution in [0, 0.1) is 5.82 Å². The van der Waals surface area contributed by atoms with Crippen molar-refractivity contribution in [2.75, 3.05) is 11.9 Å². The molecule has 0 fully saturated rings. The maximum Gasteiger partial charge on any atom is 0.337 e. The number of aromatic carboxylic acids is 1. The Balaban J connectivity index is 2.87. The van der Waals surface area contributed by atoms with Crippen molar-refractivity contribution in [2.45, 2.75) is 32.3 Å². The van der Waals surface area contributed by atoms with Crippen LogP contribution in [0.5, 0.6) is 0 Å². The van der Waals surface area contributed by atoms with E-state index in [1.807, 2.05) is 6.92 Å². The minimum absolute atomic E-state index is 0.0821. The van der Waals surface area contributed by atoms with Gasteiger partial charge in [0.05, 0.1) is 16.9 Å². The van der Waals surface area contributed by atoms with Crippen molar-refractivity contribution >= 4 is 11.7 Å². The van der Waals surface area contributed by atoms with E-state index in [0.29, 0.717) is 6.42 Å². The fourth-order valence-electron chi connectivity index (χ4n) is 1.79. The molecule has 0 saturated carbocycles. The zero-order valence-corrected chi connectivity index (χ0v) is 10.5. The molecule has 100 valence electrons. The summed E-state index contributed by atoms with van der Waals surface area (Å²) in [6.45, 7) is 3.66. The second-order valence-electron chi connectivity index (χ2n) is 4.57. The average molecular weight is 255 g/mol. The van der Waals surface area contributed by atoms with Crippen LogP contribution < -0.4 is 5.32 Å². The number of halogens is 1. The molecule has 4 nitrogen and oxygen atoms in total. The van der Waals surface area contributed by atoms with Crippen LogP contribution in [0.15, 0.2) is 18.2 Å². The molecule has 0 heterocycles. The summed E-state index contributed by atoms with van der Waals surface area (Å²) in [4.78, 5) is 11.0. The van der Waals surface area contributed by atoms with Crippen molar-refractivity contribution in [2.24, 2.45) is 0 Å². The fraction of sp³-hybridized carbons (Fsp3) is 0.462. The molecule has 1 unspecified atom stereocenters. The molecule has 0 aliphatic heterocycles. The van der Waals surface area contributed by atoms with Crippen molar-refractivity contribution in [1.29, 1.82) is 0 Å². The Morgan fingerprint density at radius 1 is 1.50 bits per heavy atom. The highest BCUT2D eigenvalue weighted by Crippen LogP contribution is 2.21. The number of carboxylic acid groups (broad SMARTS) is 1. The maximum absolute atomic E-state index is 13.6. The molecule has 0 aliphatic rings. The first kappa shape index (κ1) is 14.4. The Labute approximate surface area is 105 Å². The van der Waals surface area contributed by atoms with Gasteiger partial charge < -0.3 is 15.5 Å². The van der Waals surface area contributed by atoms with Crippen molar-refractivity contribution < 1.29 is 19.4 Å². The average Bonchev–Trinajstić information content (AvgIpc) is 2.26. The summed E-state index contributed by atoms with van der Waals surface area (Å²) in [5, 5.41) is 21.6. The summed E-state index contributed by atoms with van der Waals surface area (Å²) in [7, 11) is 0. The van der Waals surface area contributed by atoms with Gasteiger partial charge in [-0.3, -0.25) is 0 Å². The van der Waals surface area contributed by atoms with E-state index in [0.717, 1.165) is 6.42 Å². The SMILES string of the molecule is CCCC(C)(O)CNc1c(F)cccc1C(=O)O. The number of hydrogen-bond donors (Lipinski definition) is 3. The second-order valence-corrected chi connectivity index (χ2v) is 4.57. The highest BCUT2D eigenvalue weighted by Gasteiger charge is 2.21. The second kappa shape index (κ2) is 5.82. The first-order valence-corrected chi connectivity index (χ1v) is 5.85. The third-order valence-electron chi connectivity index (χ3n) is 2.68. The van der Waals surface area contributed by atoms with Crippen molar-refractivity contribution in [3.63, 3.8) is 0 Å². The lowest BCUT2D eigenvalue weighted by Gasteiger charge is -2.24. The zero-order chi connectivity index (χ0) is 13.8. The van der Waals surface area contributed by atoms with Gasteiger partial charge in [0.25, 0.3) is 0 Å². The van der Waals surface area contributed by atoms with Gasteiger partial charge in [-0.15, -0.1) is 0 Å². The Kier molecular flexibility index (Phi) is 4.67. The van der Waals surface area contributed by atoms with E-state index in [1.165, 1.54) is 18.2 Å². The molecule has 18 heavy (non-hydrogen) atoms. The summed E-state index contributed by atoms with van der Waals surface area (Å²) >= 11 is 0. The van der Waals surface area contributed by atoms with E-state index < -0.39 is 17.4 Å². The molecule has 3 N–H and O–H groups in total. The van der Waals surface area contributed by atoms with E-state index in [4.69, 9.17) is 5.11 Å². The first-order chi connectivity index (χ1) is 8.37. The molecule has 0 aromatic heterocycles. The van der Waals surface area contributed by atoms with Crippen LogP contribution in [0.2, 0.25) is 0 Å². The quantitative estimate of drug-likeness (QED) is 0.730. The number of carbonyl (C=O) groups is 1. The number of hydrogen-bond acceptors (Lipinski definition) is 3. The summed E-state index contributed by atoms with van der Waals surface area (Å²) in [6.07, 6.45) is 1.34. The number of rotatable bonds is 6. The van der Waals surface area contributed by atoms with E-state index in [1.54, 1.807) is 6.92 Å². The van der Waals surface area contributed by atoms with Crippen molar-refractivity contribution in [3.8, 4) is 0 Å². The normalized spacial score (nSPS) is 14.0. The largest absolute Gasteiger partial charge is 0.478 e. The monoisotopic (exact) mass is 255 g/mol. The molecule has 0 aliphatic carbocycles. The lowest BCUT2D eigenvalue weighted by molar-refractivity contribution is 0.0630. The molecule has 0 radical (unpaired) electrons. The minimum Gasteiger partial charge on any atom is -0.478 e. The zero-order valence-electron chi connectivity index (χ0n) is 10.5. The van der Waals surface area contributed by atoms with Crippen LogP contribution in [0.4, 0.5) is 10.1 Å². The lowest BCUT2D eigenvalue weighted by Crippen LogP contribution is -2.33. The lowest BCUT2D eigenvalue weighted by atomic mass is 10.0.